The molecule has 0 aliphatic rings. The minimum atomic E-state index is -0.723. The molecule has 7 heteroatoms. The van der Waals surface area contributed by atoms with E-state index < -0.39 is 17.9 Å². The zero-order valence-electron chi connectivity index (χ0n) is 14.5. The molecule has 0 saturated heterocycles. The molecule has 6 nitrogen and oxygen atoms in total. The minimum absolute atomic E-state index is 0.0531. The van der Waals surface area contributed by atoms with Gasteiger partial charge in [-0.15, -0.1) is 0 Å². The molecule has 0 heterocycles. The largest absolute Gasteiger partial charge is 0.507 e. The molecule has 134 valence electrons. The maximum atomic E-state index is 11.9. The lowest BCUT2D eigenvalue weighted by Gasteiger charge is -2.26. The summed E-state index contributed by atoms with van der Waals surface area (Å²) in [6.45, 7) is 7.65. The number of carbonyl (C=O) groups is 2. The van der Waals surface area contributed by atoms with Crippen LogP contribution in [0.3, 0.4) is 0 Å². The fraction of sp³-hybridized carbons (Fsp3) is 0.529. The van der Waals surface area contributed by atoms with Crippen LogP contribution >= 0.6 is 15.9 Å². The number of benzene rings is 1. The van der Waals surface area contributed by atoms with Gasteiger partial charge in [-0.25, -0.2) is 0 Å². The maximum absolute atomic E-state index is 11.9. The van der Waals surface area contributed by atoms with Gasteiger partial charge < -0.3 is 20.9 Å². The van der Waals surface area contributed by atoms with Gasteiger partial charge in [0.25, 0.3) is 0 Å². The number of amides is 1. The molecule has 1 aromatic carbocycles. The van der Waals surface area contributed by atoms with E-state index in [0.29, 0.717) is 11.1 Å². The molecule has 0 aliphatic carbocycles. The average molecular weight is 401 g/mol. The van der Waals surface area contributed by atoms with Crippen molar-refractivity contribution < 1.29 is 19.4 Å². The van der Waals surface area contributed by atoms with Crippen molar-refractivity contribution in [1.82, 2.24) is 5.32 Å². The summed E-state index contributed by atoms with van der Waals surface area (Å²) in [5, 5.41) is 13.4. The van der Waals surface area contributed by atoms with Gasteiger partial charge >= 0.3 is 5.97 Å². The summed E-state index contributed by atoms with van der Waals surface area (Å²) in [5.74, 6) is -0.824. The molecule has 1 rings (SSSR count). The van der Waals surface area contributed by atoms with Gasteiger partial charge in [0.2, 0.25) is 5.91 Å². The van der Waals surface area contributed by atoms with Crippen LogP contribution in [0, 0.1) is 0 Å². The molecule has 0 saturated carbocycles. The third-order valence-corrected chi connectivity index (χ3v) is 3.94. The van der Waals surface area contributed by atoms with Crippen LogP contribution in [0.25, 0.3) is 0 Å². The summed E-state index contributed by atoms with van der Waals surface area (Å²) in [4.78, 5) is 23.6. The smallest absolute Gasteiger partial charge is 0.308 e. The molecule has 0 radical (unpaired) electrons. The first-order chi connectivity index (χ1) is 11.1. The van der Waals surface area contributed by atoms with Crippen LogP contribution < -0.4 is 11.1 Å². The topological polar surface area (TPSA) is 102 Å². The van der Waals surface area contributed by atoms with Crippen LogP contribution in [0.1, 0.15) is 51.3 Å². The van der Waals surface area contributed by atoms with Gasteiger partial charge in [-0.05, 0) is 24.5 Å². The van der Waals surface area contributed by atoms with Crippen molar-refractivity contribution in [2.75, 3.05) is 13.2 Å². The van der Waals surface area contributed by atoms with E-state index in [1.807, 2.05) is 26.8 Å². The minimum Gasteiger partial charge on any atom is -0.507 e. The Labute approximate surface area is 150 Å². The summed E-state index contributed by atoms with van der Waals surface area (Å²) < 4.78 is 5.71. The van der Waals surface area contributed by atoms with Crippen LogP contribution in [0.15, 0.2) is 16.6 Å². The number of halogens is 1. The maximum Gasteiger partial charge on any atom is 0.308 e. The van der Waals surface area contributed by atoms with E-state index >= 15 is 0 Å². The van der Waals surface area contributed by atoms with E-state index in [9.17, 15) is 14.7 Å². The second kappa shape index (κ2) is 8.48. The highest BCUT2D eigenvalue weighted by Gasteiger charge is 2.27. The van der Waals surface area contributed by atoms with E-state index in [0.717, 1.165) is 4.47 Å². The van der Waals surface area contributed by atoms with Gasteiger partial charge in [0, 0.05) is 15.6 Å². The molecule has 0 spiro atoms. The highest BCUT2D eigenvalue weighted by molar-refractivity contribution is 9.10. The van der Waals surface area contributed by atoms with Gasteiger partial charge in [0.1, 0.15) is 5.75 Å². The van der Waals surface area contributed by atoms with E-state index in [1.165, 1.54) is 0 Å². The van der Waals surface area contributed by atoms with E-state index in [4.69, 9.17) is 10.5 Å². The van der Waals surface area contributed by atoms with Gasteiger partial charge in [0.05, 0.1) is 25.6 Å². The number of aromatic hydroxyl groups is 1. The molecule has 0 bridgehead atoms. The van der Waals surface area contributed by atoms with E-state index in [1.54, 1.807) is 13.0 Å². The van der Waals surface area contributed by atoms with Crippen molar-refractivity contribution in [3.63, 3.8) is 0 Å². The molecule has 1 atom stereocenters. The second-order valence-electron chi connectivity index (χ2n) is 6.47. The third kappa shape index (κ3) is 5.49. The van der Waals surface area contributed by atoms with Crippen molar-refractivity contribution in [2.24, 2.45) is 5.73 Å². The summed E-state index contributed by atoms with van der Waals surface area (Å²) in [5.41, 5.74) is 6.20. The van der Waals surface area contributed by atoms with Crippen LogP contribution in [-0.2, 0) is 19.7 Å². The SMILES string of the molecule is CCOC(=O)CC(NC(=O)CN)c1cc(Br)cc(C(C)(C)C)c1O. The Bertz CT molecular complexity index is 611. The van der Waals surface area contributed by atoms with E-state index in [-0.39, 0.29) is 30.7 Å². The highest BCUT2D eigenvalue weighted by atomic mass is 79.9. The standard InChI is InChI=1S/C17H25BrN2O4/c1-5-24-15(22)8-13(20-14(21)9-19)11-6-10(18)7-12(16(11)23)17(2,3)4/h6-7,13,23H,5,8-9,19H2,1-4H3,(H,20,21). The molecule has 1 aromatic rings. The van der Waals surface area contributed by atoms with Gasteiger partial charge in [-0.1, -0.05) is 36.7 Å². The first kappa shape index (κ1) is 20.4. The van der Waals surface area contributed by atoms with Crippen LogP contribution in [0.5, 0.6) is 5.75 Å². The number of hydrogen-bond acceptors (Lipinski definition) is 5. The van der Waals surface area contributed by atoms with Crippen molar-refractivity contribution in [3.05, 3.63) is 27.7 Å². The Morgan fingerprint density at radius 1 is 1.38 bits per heavy atom. The summed E-state index contributed by atoms with van der Waals surface area (Å²) in [6.07, 6.45) is -0.0901. The highest BCUT2D eigenvalue weighted by Crippen LogP contribution is 2.39. The van der Waals surface area contributed by atoms with Crippen molar-refractivity contribution >= 4 is 27.8 Å². The second-order valence-corrected chi connectivity index (χ2v) is 7.39. The van der Waals surface area contributed by atoms with Crippen LogP contribution in [0.2, 0.25) is 0 Å². The van der Waals surface area contributed by atoms with Gasteiger partial charge in [-0.3, -0.25) is 9.59 Å². The predicted molar refractivity (Wildman–Crippen MR) is 95.7 cm³/mol. The van der Waals surface area contributed by atoms with Crippen molar-refractivity contribution in [3.8, 4) is 5.75 Å². The molecule has 24 heavy (non-hydrogen) atoms. The zero-order chi connectivity index (χ0) is 18.5. The predicted octanol–water partition coefficient (Wildman–Crippen LogP) is 2.52. The number of phenols is 1. The summed E-state index contributed by atoms with van der Waals surface area (Å²) in [7, 11) is 0. The summed E-state index contributed by atoms with van der Waals surface area (Å²) in [6, 6.07) is 2.79. The first-order valence-corrected chi connectivity index (χ1v) is 8.57. The lowest BCUT2D eigenvalue weighted by Crippen LogP contribution is -2.35. The molecule has 4 N–H and O–H groups in total. The number of esters is 1. The third-order valence-electron chi connectivity index (χ3n) is 3.48. The molecule has 0 aromatic heterocycles. The zero-order valence-corrected chi connectivity index (χ0v) is 16.1. The Kier molecular flexibility index (Phi) is 7.23. The van der Waals surface area contributed by atoms with Crippen molar-refractivity contribution in [2.45, 2.75) is 45.6 Å². The molecule has 0 aliphatic heterocycles. The van der Waals surface area contributed by atoms with E-state index in [2.05, 4.69) is 21.2 Å². The average Bonchev–Trinajstić information content (AvgIpc) is 2.47. The van der Waals surface area contributed by atoms with Gasteiger partial charge in [-0.2, -0.15) is 0 Å². The molecular formula is C17H25BrN2O4. The quantitative estimate of drug-likeness (QED) is 0.636. The monoisotopic (exact) mass is 400 g/mol. The summed E-state index contributed by atoms with van der Waals surface area (Å²) >= 11 is 3.42. The van der Waals surface area contributed by atoms with Gasteiger partial charge in [0.15, 0.2) is 0 Å². The number of carbonyl (C=O) groups excluding carboxylic acids is 2. The normalized spacial score (nSPS) is 12.6. The number of rotatable bonds is 6. The fourth-order valence-corrected chi connectivity index (χ4v) is 2.81. The number of nitrogens with two attached hydrogens (primary N) is 1. The Morgan fingerprint density at radius 3 is 2.50 bits per heavy atom. The number of nitrogens with one attached hydrogen (secondary N) is 1. The molecule has 1 amide bonds. The molecule has 0 fully saturated rings. The number of hydrogen-bond donors (Lipinski definition) is 3. The number of ether oxygens (including phenoxy) is 1. The van der Waals surface area contributed by atoms with Crippen molar-refractivity contribution in [1.29, 1.82) is 0 Å². The lowest BCUT2D eigenvalue weighted by molar-refractivity contribution is -0.143. The Hall–Kier alpha value is -1.60. The Balaban J connectivity index is 3.33. The van der Waals surface area contributed by atoms with Crippen LogP contribution in [-0.4, -0.2) is 30.1 Å². The Morgan fingerprint density at radius 2 is 2.00 bits per heavy atom. The molecule has 1 unspecified atom stereocenters. The lowest BCUT2D eigenvalue weighted by atomic mass is 9.84. The fourth-order valence-electron chi connectivity index (χ4n) is 2.34. The number of phenolic OH excluding ortho intramolecular Hbond substituents is 1. The molecular weight excluding hydrogens is 376 g/mol. The van der Waals surface area contributed by atoms with Crippen LogP contribution in [0.4, 0.5) is 0 Å². The first-order valence-electron chi connectivity index (χ1n) is 7.78.